The molecule has 1 aromatic carbocycles. The van der Waals surface area contributed by atoms with E-state index in [0.29, 0.717) is 42.5 Å². The molecule has 9 heteroatoms. The van der Waals surface area contributed by atoms with E-state index in [1.54, 1.807) is 23.2 Å². The fraction of sp³-hybridized carbons (Fsp3) is 0.385. The predicted octanol–water partition coefficient (Wildman–Crippen LogP) is 4.41. The SMILES string of the molecule is CC(C)(C)OC(=O)N1CCc2ccc(CCn3ncc(OCc4ccc(Cl)cn4)cc3=O)cc2C1. The molecule has 3 aromatic rings. The summed E-state index contributed by atoms with van der Waals surface area (Å²) in [6.45, 7) is 7.42. The molecule has 0 spiro atoms. The van der Waals surface area contributed by atoms with Crippen LogP contribution in [0, 0.1) is 0 Å². The number of hydrogen-bond acceptors (Lipinski definition) is 6. The third-order valence-electron chi connectivity index (χ3n) is 5.57. The first-order chi connectivity index (χ1) is 16.7. The van der Waals surface area contributed by atoms with Crippen molar-refractivity contribution in [2.75, 3.05) is 6.54 Å². The Balaban J connectivity index is 1.35. The van der Waals surface area contributed by atoms with Crippen LogP contribution in [0.25, 0.3) is 0 Å². The smallest absolute Gasteiger partial charge is 0.410 e. The zero-order valence-corrected chi connectivity index (χ0v) is 20.9. The average molecular weight is 497 g/mol. The van der Waals surface area contributed by atoms with Crippen molar-refractivity contribution in [2.24, 2.45) is 0 Å². The van der Waals surface area contributed by atoms with E-state index >= 15 is 0 Å². The van der Waals surface area contributed by atoms with E-state index in [9.17, 15) is 9.59 Å². The maximum absolute atomic E-state index is 12.5. The largest absolute Gasteiger partial charge is 0.485 e. The number of halogens is 1. The highest BCUT2D eigenvalue weighted by molar-refractivity contribution is 6.30. The van der Waals surface area contributed by atoms with Crippen LogP contribution in [0.15, 0.2) is 53.6 Å². The number of aromatic nitrogens is 3. The Morgan fingerprint density at radius 1 is 1.11 bits per heavy atom. The molecule has 35 heavy (non-hydrogen) atoms. The molecule has 0 aliphatic carbocycles. The first-order valence-corrected chi connectivity index (χ1v) is 11.9. The van der Waals surface area contributed by atoms with Crippen molar-refractivity contribution in [3.63, 3.8) is 0 Å². The summed E-state index contributed by atoms with van der Waals surface area (Å²) in [5.41, 5.74) is 3.38. The Morgan fingerprint density at radius 3 is 2.66 bits per heavy atom. The number of nitrogens with zero attached hydrogens (tertiary/aromatic N) is 4. The minimum Gasteiger partial charge on any atom is -0.485 e. The van der Waals surface area contributed by atoms with E-state index < -0.39 is 5.60 Å². The molecular formula is C26H29ClN4O4. The summed E-state index contributed by atoms with van der Waals surface area (Å²) in [7, 11) is 0. The van der Waals surface area contributed by atoms with Crippen LogP contribution in [0.1, 0.15) is 43.2 Å². The molecular weight excluding hydrogens is 468 g/mol. The van der Waals surface area contributed by atoms with Gasteiger partial charge in [0.05, 0.1) is 16.9 Å². The number of amides is 1. The molecule has 0 radical (unpaired) electrons. The van der Waals surface area contributed by atoms with E-state index in [-0.39, 0.29) is 18.3 Å². The first-order valence-electron chi connectivity index (χ1n) is 11.6. The number of benzene rings is 1. The van der Waals surface area contributed by atoms with Crippen molar-refractivity contribution < 1.29 is 14.3 Å². The number of fused-ring (bicyclic) bond motifs is 1. The van der Waals surface area contributed by atoms with Gasteiger partial charge in [-0.3, -0.25) is 9.78 Å². The molecule has 3 heterocycles. The van der Waals surface area contributed by atoms with E-state index in [4.69, 9.17) is 21.1 Å². The molecule has 0 saturated carbocycles. The molecule has 1 amide bonds. The number of aryl methyl sites for hydroxylation is 2. The van der Waals surface area contributed by atoms with Gasteiger partial charge in [0.1, 0.15) is 18.0 Å². The zero-order chi connectivity index (χ0) is 25.0. The lowest BCUT2D eigenvalue weighted by molar-refractivity contribution is 0.0224. The van der Waals surface area contributed by atoms with Gasteiger partial charge in [0, 0.05) is 31.9 Å². The molecule has 0 atom stereocenters. The van der Waals surface area contributed by atoms with Crippen LogP contribution < -0.4 is 10.3 Å². The van der Waals surface area contributed by atoms with Crippen molar-refractivity contribution in [3.8, 4) is 5.75 Å². The number of carbonyl (C=O) groups is 1. The van der Waals surface area contributed by atoms with Crippen molar-refractivity contribution >= 4 is 17.7 Å². The van der Waals surface area contributed by atoms with E-state index in [0.717, 1.165) is 17.5 Å². The van der Waals surface area contributed by atoms with Crippen molar-refractivity contribution in [2.45, 2.75) is 58.9 Å². The van der Waals surface area contributed by atoms with Gasteiger partial charge in [-0.05, 0) is 62.4 Å². The number of ether oxygens (including phenoxy) is 2. The minimum absolute atomic E-state index is 0.220. The third kappa shape index (κ3) is 6.82. The van der Waals surface area contributed by atoms with Crippen molar-refractivity contribution in [1.82, 2.24) is 19.7 Å². The van der Waals surface area contributed by atoms with Gasteiger partial charge in [-0.2, -0.15) is 5.10 Å². The molecule has 0 unspecified atom stereocenters. The fourth-order valence-corrected chi connectivity index (χ4v) is 3.91. The summed E-state index contributed by atoms with van der Waals surface area (Å²) < 4.78 is 12.6. The molecule has 1 aliphatic heterocycles. The second kappa shape index (κ2) is 10.5. The molecule has 2 aromatic heterocycles. The molecule has 0 saturated heterocycles. The van der Waals surface area contributed by atoms with Gasteiger partial charge in [-0.15, -0.1) is 0 Å². The Labute approximate surface area is 209 Å². The highest BCUT2D eigenvalue weighted by atomic mass is 35.5. The summed E-state index contributed by atoms with van der Waals surface area (Å²) >= 11 is 5.84. The van der Waals surface area contributed by atoms with Gasteiger partial charge in [0.15, 0.2) is 0 Å². The monoisotopic (exact) mass is 496 g/mol. The second-order valence-electron chi connectivity index (χ2n) is 9.51. The lowest BCUT2D eigenvalue weighted by Crippen LogP contribution is -2.39. The van der Waals surface area contributed by atoms with E-state index in [2.05, 4.69) is 28.3 Å². The Hall–Kier alpha value is -3.39. The fourth-order valence-electron chi connectivity index (χ4n) is 3.80. The van der Waals surface area contributed by atoms with Crippen LogP contribution in [0.4, 0.5) is 4.79 Å². The third-order valence-corrected chi connectivity index (χ3v) is 5.79. The Bertz CT molecular complexity index is 1250. The topological polar surface area (TPSA) is 86.6 Å². The van der Waals surface area contributed by atoms with Gasteiger partial charge >= 0.3 is 6.09 Å². The summed E-state index contributed by atoms with van der Waals surface area (Å²) in [5, 5.41) is 4.80. The quantitative estimate of drug-likeness (QED) is 0.502. The highest BCUT2D eigenvalue weighted by Crippen LogP contribution is 2.23. The predicted molar refractivity (Wildman–Crippen MR) is 133 cm³/mol. The standard InChI is InChI=1S/C26H29ClN4O4/c1-26(2,3)35-25(33)30-10-9-19-5-4-18(12-20(19)16-30)8-11-31-24(32)13-23(15-29-31)34-17-22-7-6-21(27)14-28-22/h4-7,12-15H,8-11,16-17H2,1-3H3. The van der Waals surface area contributed by atoms with Gasteiger partial charge < -0.3 is 14.4 Å². The van der Waals surface area contributed by atoms with Crippen LogP contribution >= 0.6 is 11.6 Å². The maximum atomic E-state index is 12.5. The van der Waals surface area contributed by atoms with Gasteiger partial charge in [-0.25, -0.2) is 9.48 Å². The molecule has 0 fully saturated rings. The lowest BCUT2D eigenvalue weighted by atomic mass is 9.96. The number of hydrogen-bond donors (Lipinski definition) is 0. The molecule has 4 rings (SSSR count). The molecule has 0 bridgehead atoms. The van der Waals surface area contributed by atoms with E-state index in [1.165, 1.54) is 22.5 Å². The van der Waals surface area contributed by atoms with Crippen LogP contribution in [-0.2, 0) is 37.3 Å². The van der Waals surface area contributed by atoms with Crippen molar-refractivity contribution in [3.05, 3.63) is 86.6 Å². The van der Waals surface area contributed by atoms with E-state index in [1.807, 2.05) is 20.8 Å². The highest BCUT2D eigenvalue weighted by Gasteiger charge is 2.25. The van der Waals surface area contributed by atoms with Gasteiger partial charge in [-0.1, -0.05) is 29.8 Å². The van der Waals surface area contributed by atoms with Crippen LogP contribution in [-0.4, -0.2) is 37.9 Å². The summed E-state index contributed by atoms with van der Waals surface area (Å²) in [6, 6.07) is 11.2. The van der Waals surface area contributed by atoms with Crippen LogP contribution in [0.3, 0.4) is 0 Å². The second-order valence-corrected chi connectivity index (χ2v) is 9.95. The number of carbonyl (C=O) groups excluding carboxylic acids is 1. The van der Waals surface area contributed by atoms with Gasteiger partial charge in [0.25, 0.3) is 5.56 Å². The van der Waals surface area contributed by atoms with Crippen LogP contribution in [0.2, 0.25) is 5.02 Å². The Morgan fingerprint density at radius 2 is 1.94 bits per heavy atom. The first kappa shape index (κ1) is 24.7. The number of rotatable bonds is 6. The van der Waals surface area contributed by atoms with Crippen molar-refractivity contribution in [1.29, 1.82) is 0 Å². The minimum atomic E-state index is -0.521. The summed E-state index contributed by atoms with van der Waals surface area (Å²) in [4.78, 5) is 30.9. The maximum Gasteiger partial charge on any atom is 0.410 e. The average Bonchev–Trinajstić information content (AvgIpc) is 2.81. The molecule has 1 aliphatic rings. The molecule has 0 N–H and O–H groups in total. The normalized spacial score (nSPS) is 13.3. The summed E-state index contributed by atoms with van der Waals surface area (Å²) in [5.74, 6) is 0.388. The van der Waals surface area contributed by atoms with Crippen LogP contribution in [0.5, 0.6) is 5.75 Å². The number of pyridine rings is 1. The molecule has 184 valence electrons. The molecule has 8 nitrogen and oxygen atoms in total. The van der Waals surface area contributed by atoms with Gasteiger partial charge in [0.2, 0.25) is 0 Å². The summed E-state index contributed by atoms with van der Waals surface area (Å²) in [6.07, 6.45) is 4.22. The Kier molecular flexibility index (Phi) is 7.40. The lowest BCUT2D eigenvalue weighted by Gasteiger charge is -2.31. The zero-order valence-electron chi connectivity index (χ0n) is 20.2.